The van der Waals surface area contributed by atoms with Crippen molar-refractivity contribution in [3.05, 3.63) is 0 Å². The predicted molar refractivity (Wildman–Crippen MR) is 102 cm³/mol. The zero-order valence-corrected chi connectivity index (χ0v) is 17.6. The molecule has 9 heteroatoms. The zero-order valence-electron chi connectivity index (χ0n) is 15.8. The minimum Gasteiger partial charge on any atom is -0.324 e. The quantitative estimate of drug-likeness (QED) is 0.224. The normalized spacial score (nSPS) is 11.9. The summed E-state index contributed by atoms with van der Waals surface area (Å²) in [6.45, 7) is 4.46. The van der Waals surface area contributed by atoms with Gasteiger partial charge in [0, 0.05) is 6.16 Å². The molecular weight excluding hydrogens is 366 g/mol. The van der Waals surface area contributed by atoms with Crippen LogP contribution in [0.15, 0.2) is 0 Å². The largest absolute Gasteiger partial charge is 0.469 e. The highest BCUT2D eigenvalue weighted by molar-refractivity contribution is 7.51. The summed E-state index contributed by atoms with van der Waals surface area (Å²) in [4.78, 5) is 33.8. The summed E-state index contributed by atoms with van der Waals surface area (Å²) in [6.07, 6.45) is 12.9. The molecule has 0 unspecified atom stereocenters. The van der Waals surface area contributed by atoms with Crippen LogP contribution in [-0.4, -0.2) is 32.3 Å². The summed E-state index contributed by atoms with van der Waals surface area (Å²) in [5, 5.41) is 0. The molecule has 0 aromatic heterocycles. The molecule has 7 nitrogen and oxygen atoms in total. The molecule has 0 saturated heterocycles. The molecule has 154 valence electrons. The number of phosphoric acid groups is 1. The Hall–Kier alpha value is 0.260. The Morgan fingerprint density at radius 2 is 1.04 bits per heavy atom. The van der Waals surface area contributed by atoms with E-state index in [4.69, 9.17) is 19.6 Å². The van der Waals surface area contributed by atoms with E-state index >= 15 is 0 Å². The summed E-state index contributed by atoms with van der Waals surface area (Å²) < 4.78 is 25.0. The fraction of sp³-hybridized carbons (Fsp3) is 1.00. The first-order chi connectivity index (χ1) is 11.6. The number of hydrogen-bond acceptors (Lipinski definition) is 3. The van der Waals surface area contributed by atoms with Gasteiger partial charge in [-0.3, -0.25) is 9.09 Å². The highest BCUT2D eigenvalue weighted by Gasteiger charge is 2.12. The Kier molecular flexibility index (Phi) is 19.4. The fourth-order valence-electron chi connectivity index (χ4n) is 2.16. The molecule has 0 radical (unpaired) electrons. The van der Waals surface area contributed by atoms with Crippen LogP contribution in [0.3, 0.4) is 0 Å². The lowest BCUT2D eigenvalue weighted by molar-refractivity contribution is 0.193. The molecule has 0 saturated carbocycles. The van der Waals surface area contributed by atoms with Crippen molar-refractivity contribution in [1.82, 2.24) is 0 Å². The highest BCUT2D eigenvalue weighted by Crippen LogP contribution is 2.36. The summed E-state index contributed by atoms with van der Waals surface area (Å²) in [5.74, 6) is 0. The predicted octanol–water partition coefficient (Wildman–Crippen LogP) is 4.98. The van der Waals surface area contributed by atoms with Crippen molar-refractivity contribution in [2.75, 3.05) is 12.8 Å². The van der Waals surface area contributed by atoms with Gasteiger partial charge in [0.05, 0.1) is 6.61 Å². The molecular formula is C16H38O7P2. The summed E-state index contributed by atoms with van der Waals surface area (Å²) in [7, 11) is -7.95. The standard InChI is InChI=1S/C8H19O4P.C8H19O3P/c1-2-3-4-5-6-7-8-12-13(9,10)11;1-2-3-4-5-6-7-8-12(9,10)11/h2-8H2,1H3,(H2,9,10,11);2-8H2,1H3,(H2,9,10,11). The van der Waals surface area contributed by atoms with Gasteiger partial charge in [-0.05, 0) is 12.8 Å². The molecule has 0 aliphatic rings. The second kappa shape index (κ2) is 17.7. The average Bonchev–Trinajstić information content (AvgIpc) is 2.48. The molecule has 0 aromatic carbocycles. The lowest BCUT2D eigenvalue weighted by atomic mass is 10.1. The highest BCUT2D eigenvalue weighted by atomic mass is 31.2. The molecule has 4 N–H and O–H groups in total. The maximum absolute atomic E-state index is 10.4. The van der Waals surface area contributed by atoms with E-state index in [1.807, 2.05) is 0 Å². The van der Waals surface area contributed by atoms with Gasteiger partial charge in [-0.25, -0.2) is 4.57 Å². The maximum atomic E-state index is 10.4. The third-order valence-corrected chi connectivity index (χ3v) is 4.98. The lowest BCUT2D eigenvalue weighted by Gasteiger charge is -2.04. The van der Waals surface area contributed by atoms with Crippen molar-refractivity contribution >= 4 is 15.4 Å². The van der Waals surface area contributed by atoms with Crippen LogP contribution in [0.25, 0.3) is 0 Å². The summed E-state index contributed by atoms with van der Waals surface area (Å²) >= 11 is 0. The van der Waals surface area contributed by atoms with E-state index in [1.54, 1.807) is 0 Å². The average molecular weight is 404 g/mol. The first-order valence-corrected chi connectivity index (χ1v) is 12.7. The van der Waals surface area contributed by atoms with Crippen LogP contribution < -0.4 is 0 Å². The number of hydrogen-bond donors (Lipinski definition) is 4. The van der Waals surface area contributed by atoms with E-state index < -0.39 is 15.4 Å². The molecule has 0 amide bonds. The van der Waals surface area contributed by atoms with Gasteiger partial charge in [0.2, 0.25) is 0 Å². The van der Waals surface area contributed by atoms with Crippen molar-refractivity contribution in [2.45, 2.75) is 90.9 Å². The molecule has 0 fully saturated rings. The second-order valence-corrected chi connectivity index (χ2v) is 9.26. The van der Waals surface area contributed by atoms with Crippen molar-refractivity contribution in [1.29, 1.82) is 0 Å². The molecule has 0 atom stereocenters. The molecule has 0 heterocycles. The molecule has 0 spiro atoms. The van der Waals surface area contributed by atoms with Crippen LogP contribution in [0.2, 0.25) is 0 Å². The van der Waals surface area contributed by atoms with E-state index in [0.29, 0.717) is 6.42 Å². The van der Waals surface area contributed by atoms with Gasteiger partial charge in [-0.15, -0.1) is 0 Å². The third kappa shape index (κ3) is 32.4. The van der Waals surface area contributed by atoms with Crippen LogP contribution >= 0.6 is 15.4 Å². The SMILES string of the molecule is CCCCCCCCOP(=O)(O)O.CCCCCCCCP(=O)(O)O. The van der Waals surface area contributed by atoms with Crippen LogP contribution in [-0.2, 0) is 13.7 Å². The van der Waals surface area contributed by atoms with E-state index in [-0.39, 0.29) is 12.8 Å². The zero-order chi connectivity index (χ0) is 19.6. The van der Waals surface area contributed by atoms with Crippen LogP contribution in [0.4, 0.5) is 0 Å². The minimum absolute atomic E-state index is 0.0547. The Morgan fingerprint density at radius 1 is 0.640 bits per heavy atom. The van der Waals surface area contributed by atoms with Crippen molar-refractivity contribution in [3.63, 3.8) is 0 Å². The smallest absolute Gasteiger partial charge is 0.324 e. The van der Waals surface area contributed by atoms with Gasteiger partial charge in [-0.2, -0.15) is 0 Å². The van der Waals surface area contributed by atoms with Gasteiger partial charge < -0.3 is 19.6 Å². The van der Waals surface area contributed by atoms with Gasteiger partial charge in [0.1, 0.15) is 0 Å². The van der Waals surface area contributed by atoms with Gasteiger partial charge in [-0.1, -0.05) is 78.1 Å². The van der Waals surface area contributed by atoms with Crippen molar-refractivity contribution < 1.29 is 33.2 Å². The van der Waals surface area contributed by atoms with E-state index in [1.165, 1.54) is 38.5 Å². The van der Waals surface area contributed by atoms with E-state index in [0.717, 1.165) is 32.1 Å². The first-order valence-electron chi connectivity index (χ1n) is 9.37. The van der Waals surface area contributed by atoms with Crippen molar-refractivity contribution in [2.24, 2.45) is 0 Å². The Morgan fingerprint density at radius 3 is 1.44 bits per heavy atom. The third-order valence-electron chi connectivity index (χ3n) is 3.56. The second-order valence-electron chi connectivity index (χ2n) is 6.25. The van der Waals surface area contributed by atoms with E-state index in [2.05, 4.69) is 18.4 Å². The van der Waals surface area contributed by atoms with Crippen molar-refractivity contribution in [3.8, 4) is 0 Å². The molecule has 0 rings (SSSR count). The molecule has 25 heavy (non-hydrogen) atoms. The van der Waals surface area contributed by atoms with E-state index in [9.17, 15) is 9.13 Å². The lowest BCUT2D eigenvalue weighted by Crippen LogP contribution is -1.92. The maximum Gasteiger partial charge on any atom is 0.469 e. The van der Waals surface area contributed by atoms with Gasteiger partial charge >= 0.3 is 15.4 Å². The van der Waals surface area contributed by atoms with Gasteiger partial charge in [0.15, 0.2) is 0 Å². The van der Waals surface area contributed by atoms with Crippen LogP contribution in [0.1, 0.15) is 90.9 Å². The number of phosphoric ester groups is 1. The number of unbranched alkanes of at least 4 members (excludes halogenated alkanes) is 10. The Balaban J connectivity index is 0. The summed E-state index contributed by atoms with van der Waals surface area (Å²) in [6, 6.07) is 0. The topological polar surface area (TPSA) is 124 Å². The fourth-order valence-corrected chi connectivity index (χ4v) is 3.17. The molecule has 0 aliphatic heterocycles. The Labute approximate surface area is 153 Å². The number of rotatable bonds is 15. The monoisotopic (exact) mass is 404 g/mol. The Bertz CT molecular complexity index is 365. The first kappa shape index (κ1) is 27.5. The minimum atomic E-state index is -4.23. The molecule has 0 aromatic rings. The molecule has 0 aliphatic carbocycles. The van der Waals surface area contributed by atoms with Gasteiger partial charge in [0.25, 0.3) is 0 Å². The van der Waals surface area contributed by atoms with Crippen LogP contribution in [0, 0.1) is 0 Å². The molecule has 0 bridgehead atoms. The summed E-state index contributed by atoms with van der Waals surface area (Å²) in [5.41, 5.74) is 0. The van der Waals surface area contributed by atoms with Crippen LogP contribution in [0.5, 0.6) is 0 Å².